The fourth-order valence-corrected chi connectivity index (χ4v) is 4.22. The van der Waals surface area contributed by atoms with E-state index >= 15 is 0 Å². The highest BCUT2D eigenvalue weighted by atomic mass is 32.2. The summed E-state index contributed by atoms with van der Waals surface area (Å²) in [6, 6.07) is 6.86. The van der Waals surface area contributed by atoms with Gasteiger partial charge in [-0.3, -0.25) is 0 Å². The van der Waals surface area contributed by atoms with E-state index in [0.29, 0.717) is 23.3 Å². The van der Waals surface area contributed by atoms with Crippen molar-refractivity contribution in [2.45, 2.75) is 50.5 Å². The first-order valence-electron chi connectivity index (χ1n) is 6.69. The standard InChI is InChI=1S/C15H22O3S/c1-14(2,3)8-9-15(16)10-11-19(17,18)13-7-5-4-6-12(13)15/h4-7,16H,8-11H2,1-3H3. The molecule has 1 aromatic carbocycles. The van der Waals surface area contributed by atoms with Crippen LogP contribution in [0.2, 0.25) is 0 Å². The number of fused-ring (bicyclic) bond motifs is 1. The Kier molecular flexibility index (Phi) is 3.52. The minimum Gasteiger partial charge on any atom is -0.385 e. The molecule has 0 bridgehead atoms. The molecule has 0 aromatic heterocycles. The molecule has 106 valence electrons. The average molecular weight is 282 g/mol. The van der Waals surface area contributed by atoms with Crippen LogP contribution in [0.3, 0.4) is 0 Å². The lowest BCUT2D eigenvalue weighted by Gasteiger charge is -2.36. The van der Waals surface area contributed by atoms with Crippen molar-refractivity contribution in [3.63, 3.8) is 0 Å². The third-order valence-electron chi connectivity index (χ3n) is 3.80. The summed E-state index contributed by atoms with van der Waals surface area (Å²) in [5, 5.41) is 10.9. The monoisotopic (exact) mass is 282 g/mol. The van der Waals surface area contributed by atoms with Crippen LogP contribution in [0.1, 0.15) is 45.6 Å². The molecule has 0 aliphatic carbocycles. The topological polar surface area (TPSA) is 54.4 Å². The molecule has 19 heavy (non-hydrogen) atoms. The maximum Gasteiger partial charge on any atom is 0.178 e. The zero-order chi connectivity index (χ0) is 14.3. The van der Waals surface area contributed by atoms with Gasteiger partial charge in [0.05, 0.1) is 16.2 Å². The maximum atomic E-state index is 12.1. The number of hydrogen-bond donors (Lipinski definition) is 1. The van der Waals surface area contributed by atoms with E-state index < -0.39 is 15.4 Å². The first kappa shape index (κ1) is 14.5. The summed E-state index contributed by atoms with van der Waals surface area (Å²) in [6.07, 6.45) is 1.75. The van der Waals surface area contributed by atoms with E-state index in [1.807, 2.05) is 0 Å². The second kappa shape index (κ2) is 4.60. The molecule has 0 fully saturated rings. The quantitative estimate of drug-likeness (QED) is 0.907. The molecule has 0 radical (unpaired) electrons. The van der Waals surface area contributed by atoms with Crippen LogP contribution in [0, 0.1) is 5.41 Å². The summed E-state index contributed by atoms with van der Waals surface area (Å²) in [5.74, 6) is 0.0324. The molecule has 0 saturated heterocycles. The van der Waals surface area contributed by atoms with Gasteiger partial charge in [0.25, 0.3) is 0 Å². The van der Waals surface area contributed by atoms with E-state index in [-0.39, 0.29) is 11.2 Å². The Morgan fingerprint density at radius 3 is 2.53 bits per heavy atom. The molecule has 1 atom stereocenters. The van der Waals surface area contributed by atoms with Gasteiger partial charge in [0.1, 0.15) is 0 Å². The van der Waals surface area contributed by atoms with Crippen LogP contribution in [0.15, 0.2) is 29.2 Å². The number of benzene rings is 1. The first-order chi connectivity index (χ1) is 8.64. The van der Waals surface area contributed by atoms with Crippen molar-refractivity contribution in [3.8, 4) is 0 Å². The van der Waals surface area contributed by atoms with E-state index in [0.717, 1.165) is 6.42 Å². The largest absolute Gasteiger partial charge is 0.385 e. The van der Waals surface area contributed by atoms with E-state index in [1.54, 1.807) is 24.3 Å². The second-order valence-electron chi connectivity index (χ2n) is 6.66. The molecule has 4 heteroatoms. The number of rotatable bonds is 2. The number of aliphatic hydroxyl groups is 1. The van der Waals surface area contributed by atoms with Gasteiger partial charge in [0.2, 0.25) is 0 Å². The minimum absolute atomic E-state index is 0.0324. The smallest absolute Gasteiger partial charge is 0.178 e. The Bertz CT molecular complexity index is 569. The molecule has 3 nitrogen and oxygen atoms in total. The van der Waals surface area contributed by atoms with Crippen molar-refractivity contribution in [3.05, 3.63) is 29.8 Å². The van der Waals surface area contributed by atoms with Crippen LogP contribution in [-0.4, -0.2) is 19.3 Å². The van der Waals surface area contributed by atoms with Crippen LogP contribution < -0.4 is 0 Å². The van der Waals surface area contributed by atoms with Gasteiger partial charge in [0.15, 0.2) is 9.84 Å². The molecule has 1 heterocycles. The number of sulfone groups is 1. The normalized spacial score (nSPS) is 25.9. The molecule has 1 unspecified atom stereocenters. The van der Waals surface area contributed by atoms with Gasteiger partial charge in [0, 0.05) is 5.56 Å². The Morgan fingerprint density at radius 1 is 1.26 bits per heavy atom. The highest BCUT2D eigenvalue weighted by Crippen LogP contribution is 2.41. The Morgan fingerprint density at radius 2 is 1.89 bits per heavy atom. The van der Waals surface area contributed by atoms with Gasteiger partial charge in [-0.05, 0) is 30.7 Å². The third-order valence-corrected chi connectivity index (χ3v) is 5.56. The first-order valence-corrected chi connectivity index (χ1v) is 8.34. The molecule has 1 aliphatic rings. The Hall–Kier alpha value is -0.870. The molecule has 0 saturated carbocycles. The predicted molar refractivity (Wildman–Crippen MR) is 75.7 cm³/mol. The lowest BCUT2D eigenvalue weighted by molar-refractivity contribution is 0.00873. The molecular formula is C15H22O3S. The van der Waals surface area contributed by atoms with Crippen LogP contribution >= 0.6 is 0 Å². The predicted octanol–water partition coefficient (Wildman–Crippen LogP) is 2.88. The molecule has 1 aromatic rings. The van der Waals surface area contributed by atoms with Crippen molar-refractivity contribution in [1.29, 1.82) is 0 Å². The van der Waals surface area contributed by atoms with Crippen LogP contribution in [0.4, 0.5) is 0 Å². The number of hydrogen-bond acceptors (Lipinski definition) is 3. The van der Waals surface area contributed by atoms with E-state index in [4.69, 9.17) is 0 Å². The minimum atomic E-state index is -3.23. The van der Waals surface area contributed by atoms with Gasteiger partial charge in [-0.25, -0.2) is 8.42 Å². The molecule has 0 spiro atoms. The highest BCUT2D eigenvalue weighted by Gasteiger charge is 2.40. The third kappa shape index (κ3) is 3.00. The Labute approximate surface area is 115 Å². The van der Waals surface area contributed by atoms with E-state index in [9.17, 15) is 13.5 Å². The maximum absolute atomic E-state index is 12.1. The van der Waals surface area contributed by atoms with Crippen LogP contribution in [0.25, 0.3) is 0 Å². The molecule has 1 aliphatic heterocycles. The summed E-state index contributed by atoms with van der Waals surface area (Å²) in [6.45, 7) is 6.38. The van der Waals surface area contributed by atoms with Crippen molar-refractivity contribution in [2.75, 3.05) is 5.75 Å². The van der Waals surface area contributed by atoms with Gasteiger partial charge in [-0.15, -0.1) is 0 Å². The highest BCUT2D eigenvalue weighted by molar-refractivity contribution is 7.91. The molecular weight excluding hydrogens is 260 g/mol. The summed E-state index contributed by atoms with van der Waals surface area (Å²) < 4.78 is 24.1. The van der Waals surface area contributed by atoms with Crippen LogP contribution in [-0.2, 0) is 15.4 Å². The van der Waals surface area contributed by atoms with Gasteiger partial charge >= 0.3 is 0 Å². The zero-order valence-corrected chi connectivity index (χ0v) is 12.6. The van der Waals surface area contributed by atoms with Crippen molar-refractivity contribution < 1.29 is 13.5 Å². The van der Waals surface area contributed by atoms with E-state index in [1.165, 1.54) is 0 Å². The molecule has 0 amide bonds. The van der Waals surface area contributed by atoms with Crippen molar-refractivity contribution in [2.24, 2.45) is 5.41 Å². The average Bonchev–Trinajstić information content (AvgIpc) is 2.32. The summed E-state index contributed by atoms with van der Waals surface area (Å²) in [7, 11) is -3.23. The SMILES string of the molecule is CC(C)(C)CCC1(O)CCS(=O)(=O)c2ccccc21. The van der Waals surface area contributed by atoms with Crippen molar-refractivity contribution >= 4 is 9.84 Å². The lowest BCUT2D eigenvalue weighted by atomic mass is 9.80. The van der Waals surface area contributed by atoms with Gasteiger partial charge < -0.3 is 5.11 Å². The zero-order valence-electron chi connectivity index (χ0n) is 11.8. The summed E-state index contributed by atoms with van der Waals surface area (Å²) in [4.78, 5) is 0.303. The van der Waals surface area contributed by atoms with Crippen molar-refractivity contribution in [1.82, 2.24) is 0 Å². The van der Waals surface area contributed by atoms with Gasteiger partial charge in [-0.2, -0.15) is 0 Å². The van der Waals surface area contributed by atoms with Gasteiger partial charge in [-0.1, -0.05) is 39.0 Å². The molecule has 2 rings (SSSR count). The van der Waals surface area contributed by atoms with E-state index in [2.05, 4.69) is 20.8 Å². The lowest BCUT2D eigenvalue weighted by Crippen LogP contribution is -2.36. The fraction of sp³-hybridized carbons (Fsp3) is 0.600. The summed E-state index contributed by atoms with van der Waals surface area (Å²) in [5.41, 5.74) is -0.304. The van der Waals surface area contributed by atoms with Crippen LogP contribution in [0.5, 0.6) is 0 Å². The second-order valence-corrected chi connectivity index (χ2v) is 8.73. The fourth-order valence-electron chi connectivity index (χ4n) is 2.51. The molecule has 1 N–H and O–H groups in total. The Balaban J connectivity index is 2.39. The summed E-state index contributed by atoms with van der Waals surface area (Å²) >= 11 is 0.